The topological polar surface area (TPSA) is 17.1 Å². The van der Waals surface area contributed by atoms with Crippen LogP contribution in [0.25, 0.3) is 0 Å². The SMILES string of the molecule is O=P(C1=CC=CC1)(c1ccccc1)c1ccccc1. The molecule has 0 heterocycles. The zero-order chi connectivity index (χ0) is 13.1. The third kappa shape index (κ3) is 2.11. The molecule has 1 nitrogen and oxygen atoms in total. The van der Waals surface area contributed by atoms with Gasteiger partial charge in [0, 0.05) is 15.9 Å². The first-order valence-corrected chi connectivity index (χ1v) is 8.10. The number of allylic oxidation sites excluding steroid dienone is 4. The maximum atomic E-state index is 13.7. The summed E-state index contributed by atoms with van der Waals surface area (Å²) in [4.78, 5) is 0. The molecule has 3 rings (SSSR count). The summed E-state index contributed by atoms with van der Waals surface area (Å²) >= 11 is 0. The van der Waals surface area contributed by atoms with Gasteiger partial charge in [0.05, 0.1) is 0 Å². The number of rotatable bonds is 3. The van der Waals surface area contributed by atoms with E-state index in [1.165, 1.54) is 0 Å². The Morgan fingerprint density at radius 3 is 1.74 bits per heavy atom. The summed E-state index contributed by atoms with van der Waals surface area (Å²) < 4.78 is 13.7. The normalized spacial score (nSPS) is 14.4. The van der Waals surface area contributed by atoms with Crippen molar-refractivity contribution in [3.05, 3.63) is 84.2 Å². The van der Waals surface area contributed by atoms with E-state index < -0.39 is 7.14 Å². The Bertz CT molecular complexity index is 625. The molecule has 0 spiro atoms. The van der Waals surface area contributed by atoms with Gasteiger partial charge in [-0.1, -0.05) is 78.9 Å². The molecule has 1 aliphatic rings. The van der Waals surface area contributed by atoms with Crippen LogP contribution in [0.15, 0.2) is 84.2 Å². The number of hydrogen-bond donors (Lipinski definition) is 0. The van der Waals surface area contributed by atoms with Gasteiger partial charge in [0.25, 0.3) is 0 Å². The van der Waals surface area contributed by atoms with Crippen molar-refractivity contribution in [2.45, 2.75) is 6.42 Å². The minimum Gasteiger partial charge on any atom is -0.309 e. The van der Waals surface area contributed by atoms with E-state index in [0.717, 1.165) is 22.3 Å². The molecule has 2 heteroatoms. The summed E-state index contributed by atoms with van der Waals surface area (Å²) in [5.41, 5.74) is 0. The van der Waals surface area contributed by atoms with Crippen LogP contribution in [0, 0.1) is 0 Å². The van der Waals surface area contributed by atoms with Crippen molar-refractivity contribution in [2.75, 3.05) is 0 Å². The van der Waals surface area contributed by atoms with Crippen molar-refractivity contribution in [1.82, 2.24) is 0 Å². The van der Waals surface area contributed by atoms with Crippen LogP contribution in [0.5, 0.6) is 0 Å². The molecule has 0 saturated carbocycles. The van der Waals surface area contributed by atoms with Crippen molar-refractivity contribution in [3.8, 4) is 0 Å². The smallest absolute Gasteiger partial charge is 0.167 e. The third-order valence-corrected chi connectivity index (χ3v) is 6.59. The highest BCUT2D eigenvalue weighted by molar-refractivity contribution is 7.82. The minimum atomic E-state index is -2.67. The van der Waals surface area contributed by atoms with E-state index in [-0.39, 0.29) is 0 Å². The van der Waals surface area contributed by atoms with Gasteiger partial charge in [-0.05, 0) is 6.42 Å². The average molecular weight is 266 g/mol. The Morgan fingerprint density at radius 1 is 0.789 bits per heavy atom. The summed E-state index contributed by atoms with van der Waals surface area (Å²) in [5, 5.41) is 2.84. The van der Waals surface area contributed by atoms with Gasteiger partial charge in [0.1, 0.15) is 0 Å². The molecule has 0 atom stereocenters. The molecule has 0 unspecified atom stereocenters. The van der Waals surface area contributed by atoms with Crippen LogP contribution >= 0.6 is 7.14 Å². The van der Waals surface area contributed by atoms with Gasteiger partial charge in [0.2, 0.25) is 0 Å². The van der Waals surface area contributed by atoms with Gasteiger partial charge < -0.3 is 4.57 Å². The molecule has 0 N–H and O–H groups in total. The zero-order valence-electron chi connectivity index (χ0n) is 10.6. The van der Waals surface area contributed by atoms with Gasteiger partial charge >= 0.3 is 0 Å². The zero-order valence-corrected chi connectivity index (χ0v) is 11.5. The summed E-state index contributed by atoms with van der Waals surface area (Å²) in [6.45, 7) is 0. The fourth-order valence-electron chi connectivity index (χ4n) is 2.43. The van der Waals surface area contributed by atoms with Crippen molar-refractivity contribution >= 4 is 17.8 Å². The molecular formula is C17H15OP. The maximum absolute atomic E-state index is 13.7. The number of hydrogen-bond acceptors (Lipinski definition) is 1. The van der Waals surface area contributed by atoms with Crippen LogP contribution in [0.2, 0.25) is 0 Å². The first-order valence-electron chi connectivity index (χ1n) is 6.39. The van der Waals surface area contributed by atoms with E-state index in [0.29, 0.717) is 0 Å². The highest BCUT2D eigenvalue weighted by Gasteiger charge is 2.31. The van der Waals surface area contributed by atoms with Crippen LogP contribution in [-0.4, -0.2) is 0 Å². The van der Waals surface area contributed by atoms with E-state index in [1.54, 1.807) is 0 Å². The van der Waals surface area contributed by atoms with Gasteiger partial charge in [-0.15, -0.1) is 0 Å². The monoisotopic (exact) mass is 266 g/mol. The molecule has 19 heavy (non-hydrogen) atoms. The largest absolute Gasteiger partial charge is 0.309 e. The van der Waals surface area contributed by atoms with Crippen LogP contribution in [0.3, 0.4) is 0 Å². The second-order valence-corrected chi connectivity index (χ2v) is 7.40. The lowest BCUT2D eigenvalue weighted by atomic mass is 10.4. The van der Waals surface area contributed by atoms with Crippen LogP contribution in [0.4, 0.5) is 0 Å². The highest BCUT2D eigenvalue weighted by Crippen LogP contribution is 2.54. The van der Waals surface area contributed by atoms with Crippen LogP contribution in [0.1, 0.15) is 6.42 Å². The standard InChI is InChI=1S/C17H15OP/c18-19(17-13-7-8-14-17,15-9-3-1-4-10-15)16-11-5-2-6-12-16/h1-13H,14H2. The molecule has 2 aromatic carbocycles. The second-order valence-electron chi connectivity index (χ2n) is 4.57. The maximum Gasteiger partial charge on any atom is 0.167 e. The Balaban J connectivity index is 2.20. The van der Waals surface area contributed by atoms with Gasteiger partial charge in [-0.3, -0.25) is 0 Å². The summed E-state index contributed by atoms with van der Waals surface area (Å²) in [7, 11) is -2.67. The van der Waals surface area contributed by atoms with Gasteiger partial charge in [-0.2, -0.15) is 0 Å². The summed E-state index contributed by atoms with van der Waals surface area (Å²) in [6.07, 6.45) is 6.84. The second kappa shape index (κ2) is 5.03. The summed E-state index contributed by atoms with van der Waals surface area (Å²) in [5.74, 6) is 0. The fourth-order valence-corrected chi connectivity index (χ4v) is 5.23. The molecular weight excluding hydrogens is 251 g/mol. The van der Waals surface area contributed by atoms with Crippen molar-refractivity contribution in [3.63, 3.8) is 0 Å². The molecule has 0 saturated heterocycles. The Labute approximate surface area is 113 Å². The molecule has 0 aliphatic heterocycles. The first-order chi connectivity index (χ1) is 9.32. The molecule has 0 amide bonds. The first kappa shape index (κ1) is 12.2. The molecule has 0 fully saturated rings. The predicted molar refractivity (Wildman–Crippen MR) is 81.6 cm³/mol. The molecule has 94 valence electrons. The molecule has 0 radical (unpaired) electrons. The lowest BCUT2D eigenvalue weighted by Crippen LogP contribution is -2.16. The van der Waals surface area contributed by atoms with Gasteiger partial charge in [0.15, 0.2) is 7.14 Å². The summed E-state index contributed by atoms with van der Waals surface area (Å²) in [6, 6.07) is 19.6. The van der Waals surface area contributed by atoms with E-state index >= 15 is 0 Å². The Morgan fingerprint density at radius 2 is 1.32 bits per heavy atom. The van der Waals surface area contributed by atoms with E-state index in [4.69, 9.17) is 0 Å². The lowest BCUT2D eigenvalue weighted by Gasteiger charge is -2.20. The van der Waals surface area contributed by atoms with E-state index in [9.17, 15) is 4.57 Å². The van der Waals surface area contributed by atoms with E-state index in [1.807, 2.05) is 72.8 Å². The van der Waals surface area contributed by atoms with Crippen LogP contribution in [-0.2, 0) is 4.57 Å². The van der Waals surface area contributed by atoms with E-state index in [2.05, 4.69) is 6.08 Å². The molecule has 2 aromatic rings. The third-order valence-electron chi connectivity index (χ3n) is 3.40. The minimum absolute atomic E-state index is 0.779. The molecule has 0 bridgehead atoms. The highest BCUT2D eigenvalue weighted by atomic mass is 31.2. The Hall–Kier alpha value is -1.85. The fraction of sp³-hybridized carbons (Fsp3) is 0.0588. The number of benzene rings is 2. The van der Waals surface area contributed by atoms with Gasteiger partial charge in [-0.25, -0.2) is 0 Å². The van der Waals surface area contributed by atoms with Crippen molar-refractivity contribution < 1.29 is 4.57 Å². The Kier molecular flexibility index (Phi) is 3.23. The predicted octanol–water partition coefficient (Wildman–Crippen LogP) is 3.84. The quantitative estimate of drug-likeness (QED) is 0.771. The average Bonchev–Trinajstić information content (AvgIpc) is 3.03. The van der Waals surface area contributed by atoms with Crippen molar-refractivity contribution in [1.29, 1.82) is 0 Å². The lowest BCUT2D eigenvalue weighted by molar-refractivity contribution is 0.590. The molecule has 0 aromatic heterocycles. The van der Waals surface area contributed by atoms with Crippen molar-refractivity contribution in [2.24, 2.45) is 0 Å². The molecule has 1 aliphatic carbocycles. The van der Waals surface area contributed by atoms with Crippen LogP contribution < -0.4 is 10.6 Å².